The highest BCUT2D eigenvalue weighted by atomic mass is 16.2. The zero-order valence-electron chi connectivity index (χ0n) is 17.8. The van der Waals surface area contributed by atoms with Crippen LogP contribution in [0.5, 0.6) is 0 Å². The van der Waals surface area contributed by atoms with Crippen molar-refractivity contribution in [2.24, 2.45) is 5.92 Å². The lowest BCUT2D eigenvalue weighted by Crippen LogP contribution is -2.39. The van der Waals surface area contributed by atoms with E-state index in [4.69, 9.17) is 9.97 Å². The molecule has 2 aliphatic heterocycles. The molecule has 3 aromatic rings. The van der Waals surface area contributed by atoms with Crippen LogP contribution in [0.1, 0.15) is 59.5 Å². The third-order valence-electron chi connectivity index (χ3n) is 6.69. The lowest BCUT2D eigenvalue weighted by Gasteiger charge is -2.32. The first-order valence-electron chi connectivity index (χ1n) is 11.4. The van der Waals surface area contributed by atoms with E-state index in [1.54, 1.807) is 0 Å². The van der Waals surface area contributed by atoms with Crippen molar-refractivity contribution in [3.05, 3.63) is 59.0 Å². The third-order valence-corrected chi connectivity index (χ3v) is 6.69. The summed E-state index contributed by atoms with van der Waals surface area (Å²) in [5.41, 5.74) is 4.73. The van der Waals surface area contributed by atoms with E-state index in [2.05, 4.69) is 34.9 Å². The maximum absolute atomic E-state index is 13.5. The van der Waals surface area contributed by atoms with Gasteiger partial charge in [-0.15, -0.1) is 0 Å². The summed E-state index contributed by atoms with van der Waals surface area (Å²) in [5, 5.41) is 0. The molecule has 1 amide bonds. The van der Waals surface area contributed by atoms with Gasteiger partial charge in [-0.05, 0) is 56.6 Å². The maximum Gasteiger partial charge on any atom is 0.256 e. The molecule has 156 valence electrons. The average molecular weight is 403 g/mol. The molecule has 0 bridgehead atoms. The van der Waals surface area contributed by atoms with Crippen LogP contribution in [-0.4, -0.2) is 38.4 Å². The van der Waals surface area contributed by atoms with Gasteiger partial charge in [0.05, 0.1) is 5.56 Å². The van der Waals surface area contributed by atoms with Gasteiger partial charge in [-0.25, -0.2) is 9.97 Å². The summed E-state index contributed by atoms with van der Waals surface area (Å²) in [6.45, 7) is 4.60. The molecule has 0 radical (unpaired) electrons. The Hall–Kier alpha value is -2.69. The van der Waals surface area contributed by atoms with Crippen LogP contribution in [0, 0.1) is 12.8 Å². The van der Waals surface area contributed by atoms with Crippen molar-refractivity contribution in [1.82, 2.24) is 19.4 Å². The zero-order chi connectivity index (χ0) is 20.5. The van der Waals surface area contributed by atoms with E-state index in [1.165, 1.54) is 18.4 Å². The number of benzene rings is 1. The van der Waals surface area contributed by atoms with Gasteiger partial charge in [0.25, 0.3) is 5.91 Å². The van der Waals surface area contributed by atoms with Crippen LogP contribution in [0.2, 0.25) is 0 Å². The first kappa shape index (κ1) is 19.3. The van der Waals surface area contributed by atoms with Crippen molar-refractivity contribution in [3.8, 4) is 0 Å². The minimum atomic E-state index is 0.122. The Kier molecular flexibility index (Phi) is 5.28. The van der Waals surface area contributed by atoms with E-state index < -0.39 is 0 Å². The number of carbonyl (C=O) groups is 1. The van der Waals surface area contributed by atoms with Crippen LogP contribution in [0.3, 0.4) is 0 Å². The van der Waals surface area contributed by atoms with Crippen molar-refractivity contribution < 1.29 is 4.79 Å². The largest absolute Gasteiger partial charge is 0.339 e. The molecule has 1 aromatic carbocycles. The summed E-state index contributed by atoms with van der Waals surface area (Å²) in [6, 6.07) is 12.6. The second-order valence-corrected chi connectivity index (χ2v) is 8.90. The third kappa shape index (κ3) is 3.73. The molecule has 0 spiro atoms. The summed E-state index contributed by atoms with van der Waals surface area (Å²) >= 11 is 0. The van der Waals surface area contributed by atoms with Gasteiger partial charge < -0.3 is 9.47 Å². The molecule has 0 saturated carbocycles. The smallest absolute Gasteiger partial charge is 0.256 e. The Labute approximate surface area is 178 Å². The molecule has 5 rings (SSSR count). The van der Waals surface area contributed by atoms with Gasteiger partial charge in [0.15, 0.2) is 5.65 Å². The standard InChI is InChI=1S/C25H30N4O/c1-18-16-21(23-24(26-18)29-13-7-3-6-10-22(29)27-23)25(30)28-14-11-20(12-15-28)17-19-8-4-2-5-9-19/h2,4-5,8-9,16,20H,3,6-7,10-15,17H2,1H3. The van der Waals surface area contributed by atoms with Gasteiger partial charge in [-0.1, -0.05) is 36.8 Å². The number of rotatable bonds is 3. The van der Waals surface area contributed by atoms with E-state index in [0.717, 1.165) is 80.0 Å². The lowest BCUT2D eigenvalue weighted by atomic mass is 9.90. The van der Waals surface area contributed by atoms with Crippen molar-refractivity contribution in [2.75, 3.05) is 13.1 Å². The van der Waals surface area contributed by atoms with Crippen LogP contribution in [0.4, 0.5) is 0 Å². The second-order valence-electron chi connectivity index (χ2n) is 8.90. The topological polar surface area (TPSA) is 51.0 Å². The molecule has 5 heteroatoms. The van der Waals surface area contributed by atoms with Gasteiger partial charge >= 0.3 is 0 Å². The molecule has 5 nitrogen and oxygen atoms in total. The van der Waals surface area contributed by atoms with Crippen LogP contribution in [0.25, 0.3) is 11.2 Å². The quantitative estimate of drug-likeness (QED) is 0.645. The lowest BCUT2D eigenvalue weighted by molar-refractivity contribution is 0.0692. The Morgan fingerprint density at radius 1 is 1.03 bits per heavy atom. The normalized spacial score (nSPS) is 17.7. The number of aromatic nitrogens is 3. The minimum Gasteiger partial charge on any atom is -0.339 e. The van der Waals surface area contributed by atoms with E-state index >= 15 is 0 Å². The van der Waals surface area contributed by atoms with E-state index in [1.807, 2.05) is 17.9 Å². The number of likely N-dealkylation sites (tertiary alicyclic amines) is 1. The van der Waals surface area contributed by atoms with Gasteiger partial charge in [0.2, 0.25) is 0 Å². The fourth-order valence-electron chi connectivity index (χ4n) is 5.04. The van der Waals surface area contributed by atoms with Crippen LogP contribution < -0.4 is 0 Å². The van der Waals surface area contributed by atoms with Gasteiger partial charge in [0, 0.05) is 31.7 Å². The molecule has 1 fully saturated rings. The molecular weight excluding hydrogens is 372 g/mol. The van der Waals surface area contributed by atoms with Crippen molar-refractivity contribution >= 4 is 17.1 Å². The number of amides is 1. The van der Waals surface area contributed by atoms with Crippen LogP contribution >= 0.6 is 0 Å². The van der Waals surface area contributed by atoms with Crippen molar-refractivity contribution in [2.45, 2.75) is 58.4 Å². The second kappa shape index (κ2) is 8.21. The fourth-order valence-corrected chi connectivity index (χ4v) is 5.04. The summed E-state index contributed by atoms with van der Waals surface area (Å²) < 4.78 is 2.25. The summed E-state index contributed by atoms with van der Waals surface area (Å²) in [6.07, 6.45) is 7.78. The van der Waals surface area contributed by atoms with Gasteiger partial charge in [-0.2, -0.15) is 0 Å². The summed E-state index contributed by atoms with van der Waals surface area (Å²) in [5.74, 6) is 1.87. The number of nitrogens with zero attached hydrogens (tertiary/aromatic N) is 4. The zero-order valence-corrected chi connectivity index (χ0v) is 17.8. The van der Waals surface area contributed by atoms with E-state index in [0.29, 0.717) is 5.92 Å². The highest BCUT2D eigenvalue weighted by Crippen LogP contribution is 2.27. The monoisotopic (exact) mass is 402 g/mol. The SMILES string of the molecule is Cc1cc(C(=O)N2CCC(Cc3ccccc3)CC2)c2nc3n(c2n1)CCCCC3. The van der Waals surface area contributed by atoms with Crippen molar-refractivity contribution in [1.29, 1.82) is 0 Å². The predicted octanol–water partition coefficient (Wildman–Crippen LogP) is 4.56. The molecule has 2 aromatic heterocycles. The van der Waals surface area contributed by atoms with Crippen molar-refractivity contribution in [3.63, 3.8) is 0 Å². The molecule has 0 unspecified atom stereocenters. The Morgan fingerprint density at radius 2 is 1.83 bits per heavy atom. The number of aryl methyl sites for hydroxylation is 3. The number of hydrogen-bond acceptors (Lipinski definition) is 3. The molecule has 1 saturated heterocycles. The Balaban J connectivity index is 1.35. The van der Waals surface area contributed by atoms with E-state index in [-0.39, 0.29) is 5.91 Å². The predicted molar refractivity (Wildman–Crippen MR) is 119 cm³/mol. The number of carbonyl (C=O) groups excluding carboxylic acids is 1. The number of fused-ring (bicyclic) bond motifs is 3. The minimum absolute atomic E-state index is 0.122. The first-order valence-corrected chi connectivity index (χ1v) is 11.4. The first-order chi connectivity index (χ1) is 14.7. The molecule has 0 atom stereocenters. The molecule has 0 aliphatic carbocycles. The molecule has 4 heterocycles. The Morgan fingerprint density at radius 3 is 2.63 bits per heavy atom. The molecule has 2 aliphatic rings. The average Bonchev–Trinajstić information content (AvgIpc) is 2.94. The number of piperidine rings is 1. The molecule has 0 N–H and O–H groups in total. The van der Waals surface area contributed by atoms with Gasteiger partial charge in [0.1, 0.15) is 11.3 Å². The highest BCUT2D eigenvalue weighted by Gasteiger charge is 2.27. The molecular formula is C25H30N4O. The number of hydrogen-bond donors (Lipinski definition) is 0. The summed E-state index contributed by atoms with van der Waals surface area (Å²) in [7, 11) is 0. The van der Waals surface area contributed by atoms with Crippen LogP contribution in [0.15, 0.2) is 36.4 Å². The highest BCUT2D eigenvalue weighted by molar-refractivity contribution is 6.04. The summed E-state index contributed by atoms with van der Waals surface area (Å²) in [4.78, 5) is 25.1. The van der Waals surface area contributed by atoms with E-state index in [9.17, 15) is 4.79 Å². The molecule has 30 heavy (non-hydrogen) atoms. The fraction of sp³-hybridized carbons (Fsp3) is 0.480. The maximum atomic E-state index is 13.5. The number of pyridine rings is 1. The van der Waals surface area contributed by atoms with Gasteiger partial charge in [-0.3, -0.25) is 4.79 Å². The number of imidazole rings is 1. The van der Waals surface area contributed by atoms with Crippen LogP contribution in [-0.2, 0) is 19.4 Å². The Bertz CT molecular complexity index is 1050.